The van der Waals surface area contributed by atoms with Crippen LogP contribution in [-0.2, 0) is 0 Å². The van der Waals surface area contributed by atoms with Gasteiger partial charge in [-0.1, -0.05) is 19.3 Å². The zero-order valence-corrected chi connectivity index (χ0v) is 11.5. The average Bonchev–Trinajstić information content (AvgIpc) is 2.40. The van der Waals surface area contributed by atoms with Gasteiger partial charge in [-0.3, -0.25) is 0 Å². The molecule has 0 spiro atoms. The van der Waals surface area contributed by atoms with E-state index in [-0.39, 0.29) is 0 Å². The first-order chi connectivity index (χ1) is 8.70. The Bertz CT molecular complexity index is 386. The first-order valence-electron chi connectivity index (χ1n) is 6.85. The van der Waals surface area contributed by atoms with Crippen molar-refractivity contribution in [1.82, 2.24) is 0 Å². The number of nitrogens with zero attached hydrogens (tertiary/aromatic N) is 1. The van der Waals surface area contributed by atoms with Crippen molar-refractivity contribution < 1.29 is 4.74 Å². The highest BCUT2D eigenvalue weighted by molar-refractivity contribution is 5.69. The van der Waals surface area contributed by atoms with Crippen LogP contribution < -0.4 is 15.4 Å². The number of ether oxygens (including phenoxy) is 1. The van der Waals surface area contributed by atoms with E-state index in [0.29, 0.717) is 0 Å². The third-order valence-electron chi connectivity index (χ3n) is 3.91. The maximum absolute atomic E-state index is 6.05. The molecule has 3 nitrogen and oxygen atoms in total. The molecule has 0 bridgehead atoms. The number of benzene rings is 1. The minimum absolute atomic E-state index is 0.814. The van der Waals surface area contributed by atoms with Gasteiger partial charge in [0.1, 0.15) is 5.75 Å². The molecule has 100 valence electrons. The van der Waals surface area contributed by atoms with E-state index in [0.717, 1.165) is 29.6 Å². The molecule has 0 saturated heterocycles. The Balaban J connectivity index is 2.04. The summed E-state index contributed by atoms with van der Waals surface area (Å²) >= 11 is 0. The van der Waals surface area contributed by atoms with Crippen molar-refractivity contribution in [3.63, 3.8) is 0 Å². The molecule has 0 radical (unpaired) electrons. The van der Waals surface area contributed by atoms with Crippen LogP contribution in [0.25, 0.3) is 0 Å². The molecule has 0 atom stereocenters. The van der Waals surface area contributed by atoms with Gasteiger partial charge in [0.05, 0.1) is 18.5 Å². The second-order valence-electron chi connectivity index (χ2n) is 5.31. The van der Waals surface area contributed by atoms with Gasteiger partial charge in [0.2, 0.25) is 0 Å². The van der Waals surface area contributed by atoms with Gasteiger partial charge < -0.3 is 15.4 Å². The van der Waals surface area contributed by atoms with Crippen LogP contribution in [0, 0.1) is 5.92 Å². The van der Waals surface area contributed by atoms with Gasteiger partial charge in [-0.15, -0.1) is 0 Å². The Morgan fingerprint density at radius 2 is 2.00 bits per heavy atom. The first kappa shape index (κ1) is 13.1. The zero-order chi connectivity index (χ0) is 13.0. The molecule has 18 heavy (non-hydrogen) atoms. The Morgan fingerprint density at radius 3 is 2.67 bits per heavy atom. The maximum atomic E-state index is 6.05. The third kappa shape index (κ3) is 3.09. The SMILES string of the molecule is COc1ccc(N)c(N(C)CC2CCCCC2)c1. The van der Waals surface area contributed by atoms with E-state index >= 15 is 0 Å². The molecular weight excluding hydrogens is 224 g/mol. The number of nitrogens with two attached hydrogens (primary N) is 1. The average molecular weight is 248 g/mol. The number of rotatable bonds is 4. The monoisotopic (exact) mass is 248 g/mol. The molecule has 1 aromatic rings. The van der Waals surface area contributed by atoms with Gasteiger partial charge >= 0.3 is 0 Å². The number of anilines is 2. The highest BCUT2D eigenvalue weighted by Crippen LogP contribution is 2.30. The predicted molar refractivity (Wildman–Crippen MR) is 77.3 cm³/mol. The molecule has 2 N–H and O–H groups in total. The number of hydrogen-bond donors (Lipinski definition) is 1. The number of nitrogen functional groups attached to an aromatic ring is 1. The molecule has 0 aliphatic heterocycles. The zero-order valence-electron chi connectivity index (χ0n) is 11.5. The lowest BCUT2D eigenvalue weighted by Gasteiger charge is -2.29. The van der Waals surface area contributed by atoms with Crippen molar-refractivity contribution in [2.45, 2.75) is 32.1 Å². The molecule has 0 amide bonds. The molecule has 3 heteroatoms. The van der Waals surface area contributed by atoms with Crippen LogP contribution >= 0.6 is 0 Å². The van der Waals surface area contributed by atoms with E-state index in [2.05, 4.69) is 11.9 Å². The van der Waals surface area contributed by atoms with Crippen LogP contribution in [0.5, 0.6) is 5.75 Å². The predicted octanol–water partition coefficient (Wildman–Crippen LogP) is 3.29. The lowest BCUT2D eigenvalue weighted by molar-refractivity contribution is 0.362. The summed E-state index contributed by atoms with van der Waals surface area (Å²) in [5.74, 6) is 1.68. The summed E-state index contributed by atoms with van der Waals surface area (Å²) in [6.07, 6.45) is 6.88. The van der Waals surface area contributed by atoms with Crippen molar-refractivity contribution in [3.05, 3.63) is 18.2 Å². The van der Waals surface area contributed by atoms with Gasteiger partial charge in [-0.2, -0.15) is 0 Å². The van der Waals surface area contributed by atoms with E-state index in [1.807, 2.05) is 18.2 Å². The van der Waals surface area contributed by atoms with Gasteiger partial charge in [0.25, 0.3) is 0 Å². The first-order valence-corrected chi connectivity index (χ1v) is 6.85. The third-order valence-corrected chi connectivity index (χ3v) is 3.91. The summed E-state index contributed by atoms with van der Waals surface area (Å²) in [4.78, 5) is 2.27. The smallest absolute Gasteiger partial charge is 0.121 e. The van der Waals surface area contributed by atoms with Crippen LogP contribution in [0.1, 0.15) is 32.1 Å². The van der Waals surface area contributed by atoms with Crippen LogP contribution in [0.3, 0.4) is 0 Å². The van der Waals surface area contributed by atoms with Crippen molar-refractivity contribution >= 4 is 11.4 Å². The van der Waals surface area contributed by atoms with Crippen molar-refractivity contribution in [1.29, 1.82) is 0 Å². The highest BCUT2D eigenvalue weighted by atomic mass is 16.5. The van der Waals surface area contributed by atoms with Crippen LogP contribution in [0.4, 0.5) is 11.4 Å². The second kappa shape index (κ2) is 5.98. The van der Waals surface area contributed by atoms with Crippen molar-refractivity contribution in [3.8, 4) is 5.75 Å². The molecule has 1 saturated carbocycles. The number of hydrogen-bond acceptors (Lipinski definition) is 3. The van der Waals surface area contributed by atoms with Crippen LogP contribution in [-0.4, -0.2) is 20.7 Å². The van der Waals surface area contributed by atoms with E-state index in [1.54, 1.807) is 7.11 Å². The summed E-state index contributed by atoms with van der Waals surface area (Å²) in [5.41, 5.74) is 7.96. The molecule has 0 heterocycles. The molecule has 0 unspecified atom stereocenters. The molecule has 1 fully saturated rings. The van der Waals surface area contributed by atoms with Gasteiger partial charge in [-0.25, -0.2) is 0 Å². The lowest BCUT2D eigenvalue weighted by atomic mass is 9.89. The molecule has 1 aliphatic rings. The molecule has 1 aliphatic carbocycles. The fraction of sp³-hybridized carbons (Fsp3) is 0.600. The van der Waals surface area contributed by atoms with E-state index in [9.17, 15) is 0 Å². The van der Waals surface area contributed by atoms with Gasteiger partial charge in [0.15, 0.2) is 0 Å². The van der Waals surface area contributed by atoms with E-state index < -0.39 is 0 Å². The second-order valence-corrected chi connectivity index (χ2v) is 5.31. The normalized spacial score (nSPS) is 16.6. The Hall–Kier alpha value is -1.38. The number of methoxy groups -OCH3 is 1. The van der Waals surface area contributed by atoms with Crippen LogP contribution in [0.2, 0.25) is 0 Å². The van der Waals surface area contributed by atoms with Crippen molar-refractivity contribution in [2.24, 2.45) is 5.92 Å². The Labute approximate surface area is 110 Å². The minimum atomic E-state index is 0.814. The van der Waals surface area contributed by atoms with Crippen molar-refractivity contribution in [2.75, 3.05) is 31.3 Å². The topological polar surface area (TPSA) is 38.5 Å². The Morgan fingerprint density at radius 1 is 1.28 bits per heavy atom. The standard InChI is InChI=1S/C15H24N2O/c1-17(11-12-6-4-3-5-7-12)15-10-13(18-2)8-9-14(15)16/h8-10,12H,3-7,11,16H2,1-2H3. The molecular formula is C15H24N2O. The summed E-state index contributed by atoms with van der Waals surface area (Å²) in [6, 6.07) is 5.86. The molecule has 2 rings (SSSR count). The van der Waals surface area contributed by atoms with Gasteiger partial charge in [-0.05, 0) is 30.9 Å². The largest absolute Gasteiger partial charge is 0.497 e. The summed E-state index contributed by atoms with van der Waals surface area (Å²) in [7, 11) is 3.82. The molecule has 1 aromatic carbocycles. The quantitative estimate of drug-likeness (QED) is 0.831. The maximum Gasteiger partial charge on any atom is 0.121 e. The van der Waals surface area contributed by atoms with Gasteiger partial charge in [0, 0.05) is 19.7 Å². The summed E-state index contributed by atoms with van der Waals surface area (Å²) in [6.45, 7) is 1.09. The minimum Gasteiger partial charge on any atom is -0.497 e. The fourth-order valence-electron chi connectivity index (χ4n) is 2.84. The molecule has 0 aromatic heterocycles. The summed E-state index contributed by atoms with van der Waals surface area (Å²) < 4.78 is 5.27. The van der Waals surface area contributed by atoms with E-state index in [1.165, 1.54) is 32.1 Å². The Kier molecular flexibility index (Phi) is 4.34. The highest BCUT2D eigenvalue weighted by Gasteiger charge is 2.16. The van der Waals surface area contributed by atoms with Crippen LogP contribution in [0.15, 0.2) is 18.2 Å². The lowest BCUT2D eigenvalue weighted by Crippen LogP contribution is -2.27. The van der Waals surface area contributed by atoms with E-state index in [4.69, 9.17) is 10.5 Å². The fourth-order valence-corrected chi connectivity index (χ4v) is 2.84. The summed E-state index contributed by atoms with van der Waals surface area (Å²) in [5, 5.41) is 0.